The van der Waals surface area contributed by atoms with Gasteiger partial charge in [-0.3, -0.25) is 4.79 Å². The zero-order valence-corrected chi connectivity index (χ0v) is 17.2. The molecular formula is C24H33NO3. The van der Waals surface area contributed by atoms with Gasteiger partial charge in [0.15, 0.2) is 0 Å². The van der Waals surface area contributed by atoms with E-state index in [9.17, 15) is 9.90 Å². The molecule has 0 bridgehead atoms. The van der Waals surface area contributed by atoms with Crippen LogP contribution in [-0.4, -0.2) is 24.2 Å². The number of hydrogen-bond donors (Lipinski definition) is 2. The number of aliphatic hydroxyl groups is 1. The first-order chi connectivity index (χ1) is 13.6. The molecule has 2 rings (SSSR count). The Morgan fingerprint density at radius 2 is 1.71 bits per heavy atom. The smallest absolute Gasteiger partial charge is 0.228 e. The van der Waals surface area contributed by atoms with E-state index in [0.29, 0.717) is 18.9 Å². The third-order valence-corrected chi connectivity index (χ3v) is 5.02. The first-order valence-corrected chi connectivity index (χ1v) is 10.3. The van der Waals surface area contributed by atoms with Crippen molar-refractivity contribution in [3.05, 3.63) is 65.7 Å². The van der Waals surface area contributed by atoms with Crippen molar-refractivity contribution < 1.29 is 14.6 Å². The van der Waals surface area contributed by atoms with Gasteiger partial charge in [0, 0.05) is 0 Å². The van der Waals surface area contributed by atoms with Gasteiger partial charge in [-0.15, -0.1) is 0 Å². The molecule has 0 saturated carbocycles. The molecule has 1 amide bonds. The summed E-state index contributed by atoms with van der Waals surface area (Å²) in [6.07, 6.45) is 3.01. The van der Waals surface area contributed by atoms with Crippen LogP contribution < -0.4 is 10.1 Å². The molecule has 2 aromatic carbocycles. The average Bonchev–Trinajstić information content (AvgIpc) is 2.72. The second-order valence-electron chi connectivity index (χ2n) is 7.39. The molecule has 152 valence electrons. The number of aliphatic hydroxyl groups excluding tert-OH is 1. The van der Waals surface area contributed by atoms with E-state index in [4.69, 9.17) is 4.74 Å². The van der Waals surface area contributed by atoms with Gasteiger partial charge in [0.05, 0.1) is 25.2 Å². The van der Waals surface area contributed by atoms with Crippen molar-refractivity contribution in [2.24, 2.45) is 5.92 Å². The quantitative estimate of drug-likeness (QED) is 0.583. The molecule has 0 aliphatic rings. The Balaban J connectivity index is 1.99. The number of ether oxygens (including phenoxy) is 1. The van der Waals surface area contributed by atoms with Crippen LogP contribution in [0.5, 0.6) is 5.75 Å². The second-order valence-corrected chi connectivity index (χ2v) is 7.39. The van der Waals surface area contributed by atoms with Crippen LogP contribution in [-0.2, 0) is 4.79 Å². The summed E-state index contributed by atoms with van der Waals surface area (Å²) in [5, 5.41) is 12.8. The van der Waals surface area contributed by atoms with Crippen molar-refractivity contribution in [3.8, 4) is 5.75 Å². The number of carbonyl (C=O) groups excluding carboxylic acids is 1. The summed E-state index contributed by atoms with van der Waals surface area (Å²) in [6.45, 7) is 6.91. The molecule has 0 aromatic heterocycles. The Hall–Kier alpha value is -2.33. The first-order valence-electron chi connectivity index (χ1n) is 10.3. The summed E-state index contributed by atoms with van der Waals surface area (Å²) in [5.74, 6) is 1.04. The fourth-order valence-electron chi connectivity index (χ4n) is 3.38. The van der Waals surface area contributed by atoms with E-state index in [1.807, 2.05) is 61.5 Å². The van der Waals surface area contributed by atoms with E-state index < -0.39 is 6.04 Å². The molecule has 4 nitrogen and oxygen atoms in total. The normalized spacial score (nSPS) is 14.1. The average molecular weight is 384 g/mol. The Bertz CT molecular complexity index is 700. The van der Waals surface area contributed by atoms with Crippen molar-refractivity contribution in [2.45, 2.75) is 52.0 Å². The van der Waals surface area contributed by atoms with Crippen molar-refractivity contribution in [3.63, 3.8) is 0 Å². The van der Waals surface area contributed by atoms with E-state index in [1.165, 1.54) is 0 Å². The summed E-state index contributed by atoms with van der Waals surface area (Å²) in [7, 11) is 0. The monoisotopic (exact) mass is 383 g/mol. The lowest BCUT2D eigenvalue weighted by atomic mass is 9.95. The summed E-state index contributed by atoms with van der Waals surface area (Å²) in [4.78, 5) is 12.8. The third-order valence-electron chi connectivity index (χ3n) is 5.02. The van der Waals surface area contributed by atoms with E-state index in [2.05, 4.69) is 19.2 Å². The van der Waals surface area contributed by atoms with Crippen LogP contribution in [0.25, 0.3) is 0 Å². The van der Waals surface area contributed by atoms with Gasteiger partial charge in [-0.1, -0.05) is 69.7 Å². The predicted molar refractivity (Wildman–Crippen MR) is 113 cm³/mol. The molecule has 2 unspecified atom stereocenters. The Morgan fingerprint density at radius 1 is 1.04 bits per heavy atom. The van der Waals surface area contributed by atoms with Crippen molar-refractivity contribution in [1.29, 1.82) is 0 Å². The number of carbonyl (C=O) groups is 1. The third kappa shape index (κ3) is 6.38. The molecule has 3 atom stereocenters. The maximum atomic E-state index is 12.8. The molecule has 2 N–H and O–H groups in total. The maximum Gasteiger partial charge on any atom is 0.228 e. The molecule has 0 aliphatic heterocycles. The van der Waals surface area contributed by atoms with E-state index in [0.717, 1.165) is 29.7 Å². The molecular weight excluding hydrogens is 350 g/mol. The van der Waals surface area contributed by atoms with Gasteiger partial charge >= 0.3 is 0 Å². The van der Waals surface area contributed by atoms with E-state index in [-0.39, 0.29) is 18.4 Å². The van der Waals surface area contributed by atoms with Gasteiger partial charge in [-0.25, -0.2) is 0 Å². The number of amides is 1. The Kier molecular flexibility index (Phi) is 9.02. The van der Waals surface area contributed by atoms with E-state index in [1.54, 1.807) is 0 Å². The minimum absolute atomic E-state index is 0.0681. The highest BCUT2D eigenvalue weighted by Crippen LogP contribution is 2.23. The van der Waals surface area contributed by atoms with Crippen molar-refractivity contribution in [1.82, 2.24) is 5.32 Å². The Labute approximate surface area is 168 Å². The zero-order chi connectivity index (χ0) is 20.4. The van der Waals surface area contributed by atoms with Gasteiger partial charge in [0.25, 0.3) is 0 Å². The minimum atomic E-state index is -0.432. The molecule has 4 heteroatoms. The highest BCUT2D eigenvalue weighted by Gasteiger charge is 2.22. The largest absolute Gasteiger partial charge is 0.493 e. The summed E-state index contributed by atoms with van der Waals surface area (Å²) < 4.78 is 5.83. The SMILES string of the molecule is CCCC(C)COc1ccc([C@H](CO)NC(=O)C(CC)c2ccccc2)cc1. The lowest BCUT2D eigenvalue weighted by Gasteiger charge is -2.22. The number of rotatable bonds is 11. The van der Waals surface area contributed by atoms with Gasteiger partial charge in [0.2, 0.25) is 5.91 Å². The molecule has 28 heavy (non-hydrogen) atoms. The molecule has 0 heterocycles. The van der Waals surface area contributed by atoms with E-state index >= 15 is 0 Å². The molecule has 2 aromatic rings. The number of hydrogen-bond acceptors (Lipinski definition) is 3. The summed E-state index contributed by atoms with van der Waals surface area (Å²) in [5.41, 5.74) is 1.86. The van der Waals surface area contributed by atoms with Crippen LogP contribution in [0.2, 0.25) is 0 Å². The molecule has 0 aliphatic carbocycles. The predicted octanol–water partition coefficient (Wildman–Crippen LogP) is 4.85. The number of benzene rings is 2. The van der Waals surface area contributed by atoms with Gasteiger partial charge in [-0.05, 0) is 42.0 Å². The number of nitrogens with one attached hydrogen (secondary N) is 1. The molecule has 0 radical (unpaired) electrons. The fraction of sp³-hybridized carbons (Fsp3) is 0.458. The Morgan fingerprint density at radius 3 is 2.29 bits per heavy atom. The maximum absolute atomic E-state index is 12.8. The molecule has 0 spiro atoms. The van der Waals surface area contributed by atoms with Crippen LogP contribution in [0.3, 0.4) is 0 Å². The molecule has 0 saturated heterocycles. The van der Waals surface area contributed by atoms with Crippen LogP contribution in [0, 0.1) is 5.92 Å². The highest BCUT2D eigenvalue weighted by molar-refractivity contribution is 5.84. The van der Waals surface area contributed by atoms with Crippen LogP contribution in [0.1, 0.15) is 63.1 Å². The van der Waals surface area contributed by atoms with Gasteiger partial charge in [-0.2, -0.15) is 0 Å². The zero-order valence-electron chi connectivity index (χ0n) is 17.2. The first kappa shape index (κ1) is 22.0. The van der Waals surface area contributed by atoms with Gasteiger partial charge < -0.3 is 15.2 Å². The summed E-state index contributed by atoms with van der Waals surface area (Å²) >= 11 is 0. The lowest BCUT2D eigenvalue weighted by Crippen LogP contribution is -2.34. The fourth-order valence-corrected chi connectivity index (χ4v) is 3.38. The summed E-state index contributed by atoms with van der Waals surface area (Å²) in [6, 6.07) is 16.9. The topological polar surface area (TPSA) is 58.6 Å². The van der Waals surface area contributed by atoms with Crippen LogP contribution in [0.4, 0.5) is 0 Å². The second kappa shape index (κ2) is 11.5. The van der Waals surface area contributed by atoms with Crippen molar-refractivity contribution >= 4 is 5.91 Å². The van der Waals surface area contributed by atoms with Crippen molar-refractivity contribution in [2.75, 3.05) is 13.2 Å². The van der Waals surface area contributed by atoms with Crippen LogP contribution >= 0.6 is 0 Å². The molecule has 0 fully saturated rings. The van der Waals surface area contributed by atoms with Gasteiger partial charge in [0.1, 0.15) is 5.75 Å². The minimum Gasteiger partial charge on any atom is -0.493 e. The lowest BCUT2D eigenvalue weighted by molar-refractivity contribution is -0.123. The van der Waals surface area contributed by atoms with Crippen LogP contribution in [0.15, 0.2) is 54.6 Å². The highest BCUT2D eigenvalue weighted by atomic mass is 16.5. The standard InChI is InChI=1S/C24H33NO3/c1-4-9-18(3)17-28-21-14-12-20(13-15-21)23(16-26)25-24(27)22(5-2)19-10-7-6-8-11-19/h6-8,10-15,18,22-23,26H,4-5,9,16-17H2,1-3H3,(H,25,27)/t18?,22?,23-/m0/s1.